The molecule has 0 radical (unpaired) electrons. The normalized spacial score (nSPS) is 15.6. The quantitative estimate of drug-likeness (QED) is 0.506. The minimum Gasteiger partial charge on any atom is -0.479 e. The van der Waals surface area contributed by atoms with Crippen molar-refractivity contribution in [1.29, 1.82) is 0 Å². The van der Waals surface area contributed by atoms with Gasteiger partial charge in [-0.3, -0.25) is 9.59 Å². The number of H-pyrrole nitrogens is 1. The first-order valence-electron chi connectivity index (χ1n) is 9.88. The van der Waals surface area contributed by atoms with E-state index in [1.165, 1.54) is 11.3 Å². The lowest BCUT2D eigenvalue weighted by molar-refractivity contribution is -0.125. The molecular formula is C23H20N4O3S. The van der Waals surface area contributed by atoms with E-state index in [1.54, 1.807) is 18.9 Å². The van der Waals surface area contributed by atoms with Crippen LogP contribution in [-0.2, 0) is 16.0 Å². The van der Waals surface area contributed by atoms with Crippen LogP contribution in [0.5, 0.6) is 5.75 Å². The van der Waals surface area contributed by atoms with E-state index in [4.69, 9.17) is 4.74 Å². The summed E-state index contributed by atoms with van der Waals surface area (Å²) < 4.78 is 5.68. The fourth-order valence-electron chi connectivity index (χ4n) is 3.75. The maximum absolute atomic E-state index is 12.6. The van der Waals surface area contributed by atoms with Crippen molar-refractivity contribution >= 4 is 44.9 Å². The Hall–Kier alpha value is -3.65. The van der Waals surface area contributed by atoms with Gasteiger partial charge in [0.05, 0.1) is 17.8 Å². The van der Waals surface area contributed by atoms with Crippen LogP contribution in [0.3, 0.4) is 0 Å². The van der Waals surface area contributed by atoms with Gasteiger partial charge in [0.15, 0.2) is 11.2 Å². The number of thiazole rings is 1. The van der Waals surface area contributed by atoms with Gasteiger partial charge in [0, 0.05) is 35.1 Å². The summed E-state index contributed by atoms with van der Waals surface area (Å²) in [5.41, 5.74) is 4.25. The highest BCUT2D eigenvalue weighted by molar-refractivity contribution is 7.14. The average molecular weight is 433 g/mol. The Morgan fingerprint density at radius 3 is 3.00 bits per heavy atom. The van der Waals surface area contributed by atoms with Crippen molar-refractivity contribution in [2.45, 2.75) is 19.4 Å². The van der Waals surface area contributed by atoms with Crippen LogP contribution in [0.15, 0.2) is 54.0 Å². The Morgan fingerprint density at radius 2 is 2.13 bits per heavy atom. The number of carbonyl (C=O) groups is 2. The van der Waals surface area contributed by atoms with Crippen molar-refractivity contribution in [2.24, 2.45) is 0 Å². The van der Waals surface area contributed by atoms with E-state index in [0.29, 0.717) is 16.6 Å². The molecule has 0 aliphatic carbocycles. The summed E-state index contributed by atoms with van der Waals surface area (Å²) in [5, 5.41) is 6.35. The van der Waals surface area contributed by atoms with Crippen molar-refractivity contribution in [3.63, 3.8) is 0 Å². The predicted molar refractivity (Wildman–Crippen MR) is 122 cm³/mol. The van der Waals surface area contributed by atoms with Gasteiger partial charge in [0.1, 0.15) is 5.75 Å². The van der Waals surface area contributed by atoms with Gasteiger partial charge in [-0.15, -0.1) is 11.3 Å². The number of hydrogen-bond donors (Lipinski definition) is 2. The number of aromatic amines is 1. The van der Waals surface area contributed by atoms with Crippen molar-refractivity contribution in [3.05, 3.63) is 59.6 Å². The van der Waals surface area contributed by atoms with Crippen molar-refractivity contribution in [3.8, 4) is 17.0 Å². The molecule has 1 atom stereocenters. The van der Waals surface area contributed by atoms with Crippen LogP contribution in [0.25, 0.3) is 22.2 Å². The van der Waals surface area contributed by atoms with E-state index in [9.17, 15) is 9.59 Å². The first-order chi connectivity index (χ1) is 15.0. The first-order valence-corrected chi connectivity index (χ1v) is 10.8. The standard InChI is InChI=1S/C23H20N4O3S/c1-13-22(29)27(2)19-9-14(7-8-20(19)30-13)18-12-31-23(25-18)26-21(28)10-15-11-24-17-6-4-3-5-16(15)17/h3-9,11-13,24H,10H2,1-2H3,(H,25,26,28). The number of ether oxygens (including phenoxy) is 1. The summed E-state index contributed by atoms with van der Waals surface area (Å²) in [6.45, 7) is 1.74. The summed E-state index contributed by atoms with van der Waals surface area (Å²) in [7, 11) is 1.74. The highest BCUT2D eigenvalue weighted by atomic mass is 32.1. The zero-order valence-electron chi connectivity index (χ0n) is 17.0. The maximum Gasteiger partial charge on any atom is 0.267 e. The highest BCUT2D eigenvalue weighted by Crippen LogP contribution is 2.37. The molecule has 5 rings (SSSR count). The number of aromatic nitrogens is 2. The number of rotatable bonds is 4. The molecule has 2 amide bonds. The Kier molecular flexibility index (Phi) is 4.71. The summed E-state index contributed by atoms with van der Waals surface area (Å²) in [6.07, 6.45) is 1.63. The Balaban J connectivity index is 1.32. The van der Waals surface area contributed by atoms with Crippen molar-refractivity contribution < 1.29 is 14.3 Å². The van der Waals surface area contributed by atoms with Gasteiger partial charge in [-0.25, -0.2) is 4.98 Å². The number of nitrogens with one attached hydrogen (secondary N) is 2. The predicted octanol–water partition coefficient (Wildman–Crippen LogP) is 4.22. The van der Waals surface area contributed by atoms with Crippen LogP contribution in [0.2, 0.25) is 0 Å². The average Bonchev–Trinajstić information content (AvgIpc) is 3.39. The third kappa shape index (κ3) is 3.55. The summed E-state index contributed by atoms with van der Waals surface area (Å²) in [4.78, 5) is 34.1. The molecule has 0 saturated carbocycles. The molecule has 2 aromatic heterocycles. The van der Waals surface area contributed by atoms with Gasteiger partial charge in [-0.05, 0) is 36.8 Å². The number of benzene rings is 2. The smallest absolute Gasteiger partial charge is 0.267 e. The van der Waals surface area contributed by atoms with Crippen molar-refractivity contribution in [2.75, 3.05) is 17.3 Å². The second kappa shape index (κ2) is 7.55. The van der Waals surface area contributed by atoms with E-state index in [2.05, 4.69) is 15.3 Å². The molecule has 0 fully saturated rings. The lowest BCUT2D eigenvalue weighted by Gasteiger charge is -2.30. The number of likely N-dealkylation sites (N-methyl/N-ethyl adjacent to an activating group) is 1. The molecule has 31 heavy (non-hydrogen) atoms. The molecule has 8 heteroatoms. The van der Waals surface area contributed by atoms with E-state index >= 15 is 0 Å². The Morgan fingerprint density at radius 1 is 1.29 bits per heavy atom. The SMILES string of the molecule is CC1Oc2ccc(-c3csc(NC(=O)Cc4c[nH]c5ccccc45)n3)cc2N(C)C1=O. The third-order valence-corrected chi connectivity index (χ3v) is 6.13. The molecule has 7 nitrogen and oxygen atoms in total. The van der Waals surface area contributed by atoms with Crippen molar-refractivity contribution in [1.82, 2.24) is 9.97 Å². The number of para-hydroxylation sites is 1. The zero-order valence-corrected chi connectivity index (χ0v) is 17.8. The Bertz CT molecular complexity index is 1310. The number of anilines is 2. The molecule has 0 spiro atoms. The van der Waals surface area contributed by atoms with Gasteiger partial charge in [0.2, 0.25) is 5.91 Å². The van der Waals surface area contributed by atoms with Gasteiger partial charge in [0.25, 0.3) is 5.91 Å². The number of hydrogen-bond acceptors (Lipinski definition) is 5. The molecule has 156 valence electrons. The summed E-state index contributed by atoms with van der Waals surface area (Å²) >= 11 is 1.37. The monoisotopic (exact) mass is 432 g/mol. The van der Waals surface area contributed by atoms with Crippen LogP contribution in [0.1, 0.15) is 12.5 Å². The molecule has 4 aromatic rings. The van der Waals surface area contributed by atoms with Gasteiger partial charge in [-0.1, -0.05) is 18.2 Å². The molecule has 0 bridgehead atoms. The minimum absolute atomic E-state index is 0.0897. The lowest BCUT2D eigenvalue weighted by atomic mass is 10.1. The second-order valence-corrected chi connectivity index (χ2v) is 8.32. The molecule has 0 saturated heterocycles. The van der Waals surface area contributed by atoms with Crippen LogP contribution in [0.4, 0.5) is 10.8 Å². The molecule has 2 N–H and O–H groups in total. The fourth-order valence-corrected chi connectivity index (χ4v) is 4.48. The van der Waals surface area contributed by atoms with E-state index in [0.717, 1.165) is 27.7 Å². The Labute approximate surface area is 182 Å². The highest BCUT2D eigenvalue weighted by Gasteiger charge is 2.29. The molecule has 1 aliphatic rings. The summed E-state index contributed by atoms with van der Waals surface area (Å²) in [5.74, 6) is 0.456. The first kappa shape index (κ1) is 19.3. The third-order valence-electron chi connectivity index (χ3n) is 5.37. The molecule has 1 aliphatic heterocycles. The fraction of sp³-hybridized carbons (Fsp3) is 0.174. The van der Waals surface area contributed by atoms with Gasteiger partial charge < -0.3 is 19.9 Å². The van der Waals surface area contributed by atoms with Gasteiger partial charge in [-0.2, -0.15) is 0 Å². The number of carbonyl (C=O) groups excluding carboxylic acids is 2. The minimum atomic E-state index is -0.499. The van der Waals surface area contributed by atoms with E-state index < -0.39 is 6.10 Å². The van der Waals surface area contributed by atoms with Crippen LogP contribution in [0, 0.1) is 0 Å². The topological polar surface area (TPSA) is 87.3 Å². The summed E-state index contributed by atoms with van der Waals surface area (Å²) in [6, 6.07) is 13.5. The molecule has 3 heterocycles. The largest absolute Gasteiger partial charge is 0.479 e. The van der Waals surface area contributed by atoms with E-state index in [1.807, 2.05) is 54.0 Å². The molecule has 1 unspecified atom stereocenters. The zero-order chi connectivity index (χ0) is 21.5. The number of fused-ring (bicyclic) bond motifs is 2. The molecular weight excluding hydrogens is 412 g/mol. The number of nitrogens with zero attached hydrogens (tertiary/aromatic N) is 2. The van der Waals surface area contributed by atoms with E-state index in [-0.39, 0.29) is 18.2 Å². The van der Waals surface area contributed by atoms with Crippen LogP contribution < -0.4 is 15.0 Å². The van der Waals surface area contributed by atoms with Crippen LogP contribution >= 0.6 is 11.3 Å². The lowest BCUT2D eigenvalue weighted by Crippen LogP contribution is -2.41. The molecule has 2 aromatic carbocycles. The van der Waals surface area contributed by atoms with Crippen LogP contribution in [-0.4, -0.2) is 34.9 Å². The maximum atomic E-state index is 12.6. The van der Waals surface area contributed by atoms with Gasteiger partial charge >= 0.3 is 0 Å². The second-order valence-electron chi connectivity index (χ2n) is 7.46. The number of amides is 2.